The van der Waals surface area contributed by atoms with E-state index in [1.54, 1.807) is 11.8 Å². The number of hydrogen-bond donors (Lipinski definition) is 1. The van der Waals surface area contributed by atoms with Crippen LogP contribution in [0.1, 0.15) is 18.4 Å². The fourth-order valence-electron chi connectivity index (χ4n) is 1.93. The van der Waals surface area contributed by atoms with E-state index in [9.17, 15) is 0 Å². The molecule has 0 amide bonds. The molecule has 0 unspecified atom stereocenters. The molecule has 1 nitrogen and oxygen atoms in total. The second-order valence-corrected chi connectivity index (χ2v) is 7.30. The molecule has 1 N–H and O–H groups in total. The van der Waals surface area contributed by atoms with Gasteiger partial charge in [-0.2, -0.15) is 0 Å². The van der Waals surface area contributed by atoms with Gasteiger partial charge >= 0.3 is 0 Å². The van der Waals surface area contributed by atoms with E-state index in [0.717, 1.165) is 27.0 Å². The Kier molecular flexibility index (Phi) is 4.72. The fraction of sp³-hybridized carbons (Fsp3) is 0.250. The summed E-state index contributed by atoms with van der Waals surface area (Å²) in [6, 6.07) is 15.2. The Labute approximate surface area is 137 Å². The Balaban J connectivity index is 1.71. The average molecular weight is 369 g/mol. The minimum atomic E-state index is 0.742. The van der Waals surface area contributed by atoms with Crippen LogP contribution < -0.4 is 5.32 Å². The summed E-state index contributed by atoms with van der Waals surface area (Å²) in [7, 11) is 0. The predicted molar refractivity (Wildman–Crippen MR) is 89.6 cm³/mol. The quantitative estimate of drug-likeness (QED) is 0.747. The predicted octanol–water partition coefficient (Wildman–Crippen LogP) is 5.51. The monoisotopic (exact) mass is 367 g/mol. The second kappa shape index (κ2) is 6.52. The summed E-state index contributed by atoms with van der Waals surface area (Å²) in [5.74, 6) is 0. The van der Waals surface area contributed by atoms with E-state index in [0.29, 0.717) is 0 Å². The van der Waals surface area contributed by atoms with Gasteiger partial charge < -0.3 is 5.32 Å². The molecule has 0 spiro atoms. The van der Waals surface area contributed by atoms with Crippen molar-refractivity contribution in [3.05, 3.63) is 57.5 Å². The Bertz CT molecular complexity index is 613. The van der Waals surface area contributed by atoms with Gasteiger partial charge in [0.05, 0.1) is 5.02 Å². The van der Waals surface area contributed by atoms with Crippen molar-refractivity contribution in [1.82, 2.24) is 5.32 Å². The van der Waals surface area contributed by atoms with Crippen molar-refractivity contribution in [3.8, 4) is 0 Å². The third-order valence-electron chi connectivity index (χ3n) is 3.23. The van der Waals surface area contributed by atoms with Crippen molar-refractivity contribution in [1.29, 1.82) is 0 Å². The molecule has 3 rings (SSSR count). The maximum atomic E-state index is 6.20. The Morgan fingerprint density at radius 3 is 2.65 bits per heavy atom. The summed E-state index contributed by atoms with van der Waals surface area (Å²) in [6.45, 7) is 0.945. The molecular formula is C16H15BrClNS. The SMILES string of the molecule is Clc1ccccc1Sc1ccc(CNC2CC2)cc1Br. The van der Waals surface area contributed by atoms with Crippen LogP contribution in [-0.4, -0.2) is 6.04 Å². The maximum absolute atomic E-state index is 6.20. The van der Waals surface area contributed by atoms with Gasteiger partial charge in [-0.1, -0.05) is 41.6 Å². The van der Waals surface area contributed by atoms with Crippen molar-refractivity contribution in [2.24, 2.45) is 0 Å². The number of halogens is 2. The molecular weight excluding hydrogens is 354 g/mol. The van der Waals surface area contributed by atoms with Gasteiger partial charge in [-0.15, -0.1) is 0 Å². The van der Waals surface area contributed by atoms with Crippen LogP contribution >= 0.6 is 39.3 Å². The highest BCUT2D eigenvalue weighted by Gasteiger charge is 2.20. The van der Waals surface area contributed by atoms with Gasteiger partial charge in [0.25, 0.3) is 0 Å². The first-order chi connectivity index (χ1) is 9.72. The van der Waals surface area contributed by atoms with E-state index in [4.69, 9.17) is 11.6 Å². The van der Waals surface area contributed by atoms with Gasteiger partial charge in [-0.3, -0.25) is 0 Å². The van der Waals surface area contributed by atoms with Crippen molar-refractivity contribution in [2.75, 3.05) is 0 Å². The topological polar surface area (TPSA) is 12.0 Å². The minimum absolute atomic E-state index is 0.742. The van der Waals surface area contributed by atoms with Crippen LogP contribution in [0.25, 0.3) is 0 Å². The number of hydrogen-bond acceptors (Lipinski definition) is 2. The molecule has 0 aromatic heterocycles. The van der Waals surface area contributed by atoms with E-state index >= 15 is 0 Å². The maximum Gasteiger partial charge on any atom is 0.0545 e. The van der Waals surface area contributed by atoms with Crippen LogP contribution in [0, 0.1) is 0 Å². The standard InChI is InChI=1S/C16H15BrClNS/c17-13-9-11(10-19-12-6-7-12)5-8-15(13)20-16-4-2-1-3-14(16)18/h1-5,8-9,12,19H,6-7,10H2. The summed E-state index contributed by atoms with van der Waals surface area (Å²) >= 11 is 11.6. The molecule has 0 bridgehead atoms. The van der Waals surface area contributed by atoms with Gasteiger partial charge in [0.2, 0.25) is 0 Å². The van der Waals surface area contributed by atoms with E-state index in [2.05, 4.69) is 39.4 Å². The first-order valence-corrected chi connectivity index (χ1v) is 8.65. The van der Waals surface area contributed by atoms with E-state index < -0.39 is 0 Å². The molecule has 0 saturated heterocycles. The number of rotatable bonds is 5. The summed E-state index contributed by atoms with van der Waals surface area (Å²) in [5.41, 5.74) is 1.31. The summed E-state index contributed by atoms with van der Waals surface area (Å²) < 4.78 is 1.12. The summed E-state index contributed by atoms with van der Waals surface area (Å²) in [5, 5.41) is 4.32. The number of nitrogens with one attached hydrogen (secondary N) is 1. The molecule has 4 heteroatoms. The highest BCUT2D eigenvalue weighted by atomic mass is 79.9. The zero-order valence-corrected chi connectivity index (χ0v) is 14.1. The van der Waals surface area contributed by atoms with Gasteiger partial charge in [-0.05, 0) is 58.6 Å². The number of benzene rings is 2. The highest BCUT2D eigenvalue weighted by molar-refractivity contribution is 9.10. The van der Waals surface area contributed by atoms with Gasteiger partial charge in [-0.25, -0.2) is 0 Å². The molecule has 0 radical (unpaired) electrons. The molecule has 104 valence electrons. The van der Waals surface area contributed by atoms with Crippen molar-refractivity contribution in [2.45, 2.75) is 35.2 Å². The van der Waals surface area contributed by atoms with Crippen LogP contribution in [0.2, 0.25) is 5.02 Å². The molecule has 0 aliphatic heterocycles. The van der Waals surface area contributed by atoms with Crippen LogP contribution in [0.5, 0.6) is 0 Å². The summed E-state index contributed by atoms with van der Waals surface area (Å²) in [6.07, 6.45) is 2.64. The third-order valence-corrected chi connectivity index (χ3v) is 5.74. The van der Waals surface area contributed by atoms with E-state index in [-0.39, 0.29) is 0 Å². The van der Waals surface area contributed by atoms with Crippen LogP contribution in [-0.2, 0) is 6.54 Å². The Morgan fingerprint density at radius 1 is 1.15 bits per heavy atom. The minimum Gasteiger partial charge on any atom is -0.310 e. The molecule has 1 saturated carbocycles. The van der Waals surface area contributed by atoms with Gasteiger partial charge in [0.1, 0.15) is 0 Å². The van der Waals surface area contributed by atoms with Crippen LogP contribution in [0.4, 0.5) is 0 Å². The molecule has 2 aromatic carbocycles. The summed E-state index contributed by atoms with van der Waals surface area (Å²) in [4.78, 5) is 2.27. The zero-order valence-electron chi connectivity index (χ0n) is 10.9. The molecule has 1 aliphatic carbocycles. The first-order valence-electron chi connectivity index (χ1n) is 6.66. The van der Waals surface area contributed by atoms with Crippen LogP contribution in [0.3, 0.4) is 0 Å². The Hall–Kier alpha value is -0.480. The van der Waals surface area contributed by atoms with Crippen molar-refractivity contribution < 1.29 is 0 Å². The largest absolute Gasteiger partial charge is 0.310 e. The lowest BCUT2D eigenvalue weighted by molar-refractivity contribution is 0.687. The smallest absolute Gasteiger partial charge is 0.0545 e. The van der Waals surface area contributed by atoms with E-state index in [1.807, 2.05) is 24.3 Å². The van der Waals surface area contributed by atoms with Gasteiger partial charge in [0, 0.05) is 26.9 Å². The molecule has 20 heavy (non-hydrogen) atoms. The van der Waals surface area contributed by atoms with Crippen molar-refractivity contribution >= 4 is 39.3 Å². The lowest BCUT2D eigenvalue weighted by Gasteiger charge is -2.09. The molecule has 1 fully saturated rings. The molecule has 2 aromatic rings. The third kappa shape index (κ3) is 3.79. The fourth-order valence-corrected chi connectivity index (χ4v) is 3.69. The average Bonchev–Trinajstić information content (AvgIpc) is 3.26. The first kappa shape index (κ1) is 14.5. The Morgan fingerprint density at radius 2 is 1.95 bits per heavy atom. The van der Waals surface area contributed by atoms with E-state index in [1.165, 1.54) is 23.3 Å². The van der Waals surface area contributed by atoms with Crippen molar-refractivity contribution in [3.63, 3.8) is 0 Å². The molecule has 0 atom stereocenters. The lowest BCUT2D eigenvalue weighted by atomic mass is 10.2. The highest BCUT2D eigenvalue weighted by Crippen LogP contribution is 2.37. The second-order valence-electron chi connectivity index (χ2n) is 4.95. The van der Waals surface area contributed by atoms with Gasteiger partial charge in [0.15, 0.2) is 0 Å². The lowest BCUT2D eigenvalue weighted by Crippen LogP contribution is -2.15. The zero-order chi connectivity index (χ0) is 13.9. The molecule has 0 heterocycles. The van der Waals surface area contributed by atoms with Crippen LogP contribution in [0.15, 0.2) is 56.7 Å². The molecule has 1 aliphatic rings. The normalized spacial score (nSPS) is 14.5.